The van der Waals surface area contributed by atoms with E-state index in [0.717, 1.165) is 0 Å². The van der Waals surface area contributed by atoms with Crippen LogP contribution >= 0.6 is 0 Å². The summed E-state index contributed by atoms with van der Waals surface area (Å²) < 4.78 is 0. The van der Waals surface area contributed by atoms with E-state index in [0.29, 0.717) is 19.4 Å². The number of rotatable bonds is 3. The van der Waals surface area contributed by atoms with Gasteiger partial charge in [0.05, 0.1) is 5.92 Å². The molecule has 0 aromatic carbocycles. The molecule has 6 nitrogen and oxygen atoms in total. The van der Waals surface area contributed by atoms with Crippen molar-refractivity contribution in [2.75, 3.05) is 13.1 Å². The molecule has 0 aliphatic carbocycles. The van der Waals surface area contributed by atoms with Crippen molar-refractivity contribution in [1.82, 2.24) is 10.2 Å². The molecule has 1 fully saturated rings. The van der Waals surface area contributed by atoms with Crippen molar-refractivity contribution < 1.29 is 19.5 Å². The molecule has 1 unspecified atom stereocenters. The standard InChI is InChI=1S/C11H18N2O4/c1-7(12-8(2)14)10(15)13-5-3-4-9(6-13)11(16)17/h7,9H,3-6H2,1-2H3,(H,12,14)(H,16,17)/t7?,9-/m1/s1. The molecule has 0 spiro atoms. The van der Waals surface area contributed by atoms with Crippen molar-refractivity contribution in [2.45, 2.75) is 32.7 Å². The molecule has 0 radical (unpaired) electrons. The highest BCUT2D eigenvalue weighted by molar-refractivity contribution is 5.87. The number of hydrogen-bond acceptors (Lipinski definition) is 3. The maximum atomic E-state index is 11.9. The van der Waals surface area contributed by atoms with E-state index >= 15 is 0 Å². The molecule has 1 saturated heterocycles. The van der Waals surface area contributed by atoms with Crippen molar-refractivity contribution in [3.63, 3.8) is 0 Å². The first-order valence-corrected chi connectivity index (χ1v) is 5.70. The monoisotopic (exact) mass is 242 g/mol. The molecule has 1 rings (SSSR count). The number of nitrogens with one attached hydrogen (secondary N) is 1. The van der Waals surface area contributed by atoms with Gasteiger partial charge >= 0.3 is 5.97 Å². The Morgan fingerprint density at radius 3 is 2.59 bits per heavy atom. The summed E-state index contributed by atoms with van der Waals surface area (Å²) in [6.07, 6.45) is 1.29. The molecule has 0 saturated carbocycles. The number of carbonyl (C=O) groups excluding carboxylic acids is 2. The number of carbonyl (C=O) groups is 3. The zero-order valence-corrected chi connectivity index (χ0v) is 10.1. The molecule has 0 bridgehead atoms. The van der Waals surface area contributed by atoms with Crippen molar-refractivity contribution in [3.8, 4) is 0 Å². The second kappa shape index (κ2) is 5.65. The second-order valence-corrected chi connectivity index (χ2v) is 4.38. The number of likely N-dealkylation sites (tertiary alicyclic amines) is 1. The summed E-state index contributed by atoms with van der Waals surface area (Å²) in [5.41, 5.74) is 0. The van der Waals surface area contributed by atoms with Crippen LogP contribution in [-0.4, -0.2) is 46.9 Å². The molecule has 2 N–H and O–H groups in total. The van der Waals surface area contributed by atoms with Gasteiger partial charge in [0.15, 0.2) is 0 Å². The number of piperidine rings is 1. The first kappa shape index (κ1) is 13.5. The fourth-order valence-corrected chi connectivity index (χ4v) is 2.02. The minimum atomic E-state index is -0.866. The molecule has 96 valence electrons. The summed E-state index contributed by atoms with van der Waals surface area (Å²) in [6, 6.07) is -0.597. The van der Waals surface area contributed by atoms with E-state index in [1.54, 1.807) is 6.92 Å². The van der Waals surface area contributed by atoms with E-state index in [4.69, 9.17) is 5.11 Å². The molecule has 0 aromatic heterocycles. The van der Waals surface area contributed by atoms with Crippen LogP contribution in [0.3, 0.4) is 0 Å². The third-order valence-electron chi connectivity index (χ3n) is 2.87. The lowest BCUT2D eigenvalue weighted by atomic mass is 9.98. The first-order valence-electron chi connectivity index (χ1n) is 5.70. The Balaban J connectivity index is 2.57. The van der Waals surface area contributed by atoms with E-state index in [9.17, 15) is 14.4 Å². The van der Waals surface area contributed by atoms with Crippen molar-refractivity contribution in [3.05, 3.63) is 0 Å². The van der Waals surface area contributed by atoms with Crippen LogP contribution in [0.25, 0.3) is 0 Å². The highest BCUT2D eigenvalue weighted by atomic mass is 16.4. The van der Waals surface area contributed by atoms with Crippen LogP contribution in [0.4, 0.5) is 0 Å². The first-order chi connectivity index (χ1) is 7.91. The van der Waals surface area contributed by atoms with Crippen LogP contribution in [0.15, 0.2) is 0 Å². The van der Waals surface area contributed by atoms with Gasteiger partial charge in [-0.25, -0.2) is 0 Å². The summed E-state index contributed by atoms with van der Waals surface area (Å²) >= 11 is 0. The smallest absolute Gasteiger partial charge is 0.308 e. The molecule has 2 amide bonds. The highest BCUT2D eigenvalue weighted by Crippen LogP contribution is 2.17. The largest absolute Gasteiger partial charge is 0.481 e. The van der Waals surface area contributed by atoms with Gasteiger partial charge in [-0.1, -0.05) is 0 Å². The summed E-state index contributed by atoms with van der Waals surface area (Å²) in [4.78, 5) is 35.1. The van der Waals surface area contributed by atoms with Gasteiger partial charge in [-0.2, -0.15) is 0 Å². The van der Waals surface area contributed by atoms with E-state index in [1.807, 2.05) is 0 Å². The summed E-state index contributed by atoms with van der Waals surface area (Å²) in [5, 5.41) is 11.4. The number of carboxylic acids is 1. The lowest BCUT2D eigenvalue weighted by Gasteiger charge is -2.32. The van der Waals surface area contributed by atoms with Gasteiger partial charge in [0.25, 0.3) is 0 Å². The lowest BCUT2D eigenvalue weighted by Crippen LogP contribution is -2.50. The molecular weight excluding hydrogens is 224 g/mol. The maximum absolute atomic E-state index is 11.9. The third-order valence-corrected chi connectivity index (χ3v) is 2.87. The van der Waals surface area contributed by atoms with Crippen molar-refractivity contribution in [2.24, 2.45) is 5.92 Å². The Morgan fingerprint density at radius 2 is 2.06 bits per heavy atom. The maximum Gasteiger partial charge on any atom is 0.308 e. The number of aliphatic carboxylic acids is 1. The fraction of sp³-hybridized carbons (Fsp3) is 0.727. The zero-order chi connectivity index (χ0) is 13.0. The minimum Gasteiger partial charge on any atom is -0.481 e. The van der Waals surface area contributed by atoms with Crippen LogP contribution in [0, 0.1) is 5.92 Å². The number of carboxylic acid groups (broad SMARTS) is 1. The zero-order valence-electron chi connectivity index (χ0n) is 10.1. The normalized spacial score (nSPS) is 21.8. The van der Waals surface area contributed by atoms with Crippen molar-refractivity contribution >= 4 is 17.8 Å². The molecular formula is C11H18N2O4. The average molecular weight is 242 g/mol. The van der Waals surface area contributed by atoms with Gasteiger partial charge in [0.2, 0.25) is 11.8 Å². The molecule has 1 aliphatic rings. The van der Waals surface area contributed by atoms with Gasteiger partial charge in [-0.3, -0.25) is 14.4 Å². The molecule has 17 heavy (non-hydrogen) atoms. The van der Waals surface area contributed by atoms with Gasteiger partial charge in [0.1, 0.15) is 6.04 Å². The summed E-state index contributed by atoms with van der Waals surface area (Å²) in [7, 11) is 0. The SMILES string of the molecule is CC(=O)NC(C)C(=O)N1CCC[C@@H](C(=O)O)C1. The third kappa shape index (κ3) is 3.72. The lowest BCUT2D eigenvalue weighted by molar-refractivity contribution is -0.146. The Bertz CT molecular complexity index is 329. The van der Waals surface area contributed by atoms with Crippen molar-refractivity contribution in [1.29, 1.82) is 0 Å². The quantitative estimate of drug-likeness (QED) is 0.719. The van der Waals surface area contributed by atoms with Crippen LogP contribution in [0.5, 0.6) is 0 Å². The number of hydrogen-bond donors (Lipinski definition) is 2. The molecule has 1 aliphatic heterocycles. The van der Waals surface area contributed by atoms with Gasteiger partial charge in [-0.05, 0) is 19.8 Å². The Kier molecular flexibility index (Phi) is 4.48. The minimum absolute atomic E-state index is 0.217. The van der Waals surface area contributed by atoms with E-state index in [-0.39, 0.29) is 18.4 Å². The predicted octanol–water partition coefficient (Wildman–Crippen LogP) is -0.166. The number of nitrogens with zero attached hydrogens (tertiary/aromatic N) is 1. The average Bonchev–Trinajstić information content (AvgIpc) is 2.27. The van der Waals surface area contributed by atoms with Crippen LogP contribution in [0.1, 0.15) is 26.7 Å². The Hall–Kier alpha value is -1.59. The van der Waals surface area contributed by atoms with Crippen LogP contribution in [0.2, 0.25) is 0 Å². The predicted molar refractivity (Wildman–Crippen MR) is 60.2 cm³/mol. The molecule has 0 aromatic rings. The topological polar surface area (TPSA) is 86.7 Å². The van der Waals surface area contributed by atoms with E-state index in [1.165, 1.54) is 11.8 Å². The van der Waals surface area contributed by atoms with Gasteiger partial charge < -0.3 is 15.3 Å². The highest BCUT2D eigenvalue weighted by Gasteiger charge is 2.30. The molecule has 6 heteroatoms. The second-order valence-electron chi connectivity index (χ2n) is 4.38. The van der Waals surface area contributed by atoms with E-state index in [2.05, 4.69) is 5.32 Å². The van der Waals surface area contributed by atoms with Crippen LogP contribution < -0.4 is 5.32 Å². The van der Waals surface area contributed by atoms with Gasteiger partial charge in [-0.15, -0.1) is 0 Å². The Labute approximate surface area is 100.0 Å². The number of amides is 2. The van der Waals surface area contributed by atoms with Gasteiger partial charge in [0, 0.05) is 20.0 Å². The summed E-state index contributed by atoms with van der Waals surface area (Å²) in [5.74, 6) is -1.84. The molecule has 2 atom stereocenters. The summed E-state index contributed by atoms with van der Waals surface area (Å²) in [6.45, 7) is 3.75. The van der Waals surface area contributed by atoms with E-state index < -0.39 is 17.9 Å². The molecule has 1 heterocycles. The Morgan fingerprint density at radius 1 is 1.41 bits per heavy atom. The fourth-order valence-electron chi connectivity index (χ4n) is 2.02. The van der Waals surface area contributed by atoms with Crippen LogP contribution in [-0.2, 0) is 14.4 Å².